The summed E-state index contributed by atoms with van der Waals surface area (Å²) in [6.45, 7) is 3.79. The molecule has 3 unspecified atom stereocenters. The maximum absolute atomic E-state index is 12.0. The minimum atomic E-state index is -2.59. The van der Waals surface area contributed by atoms with E-state index >= 15 is 0 Å². The molecule has 0 bridgehead atoms. The van der Waals surface area contributed by atoms with Crippen molar-refractivity contribution in [3.8, 4) is 0 Å². The van der Waals surface area contributed by atoms with Crippen LogP contribution in [-0.4, -0.2) is 59.9 Å². The fourth-order valence-electron chi connectivity index (χ4n) is 2.47. The van der Waals surface area contributed by atoms with Gasteiger partial charge in [-0.2, -0.15) is 11.8 Å². The van der Waals surface area contributed by atoms with Crippen molar-refractivity contribution in [3.05, 3.63) is 0 Å². The molecule has 1 aliphatic rings. The molecule has 0 aliphatic carbocycles. The number of amides is 3. The van der Waals surface area contributed by atoms with Crippen LogP contribution in [0.2, 0.25) is 0 Å². The van der Waals surface area contributed by atoms with Crippen LogP contribution in [-0.2, 0) is 36.9 Å². The molecule has 1 N–H and O–H groups in total. The van der Waals surface area contributed by atoms with E-state index < -0.39 is 16.5 Å². The van der Waals surface area contributed by atoms with Crippen LogP contribution >= 0.6 is 28.3 Å². The second-order valence-corrected chi connectivity index (χ2v) is 9.55. The molecule has 0 aromatic carbocycles. The fourth-order valence-corrected chi connectivity index (χ4v) is 4.47. The Labute approximate surface area is 176 Å². The number of likely N-dealkylation sites (tertiary alicyclic amines) is 1. The first-order valence-electron chi connectivity index (χ1n) is 9.30. The molecule has 0 aromatic rings. The summed E-state index contributed by atoms with van der Waals surface area (Å²) in [7, 11) is -5.10. The molecule has 1 aliphatic heterocycles. The number of nitrogens with zero attached hydrogens (tertiary/aromatic N) is 1. The van der Waals surface area contributed by atoms with Crippen molar-refractivity contribution < 1.29 is 36.9 Å². The molecule has 1 fully saturated rings. The van der Waals surface area contributed by atoms with Gasteiger partial charge >= 0.3 is 16.5 Å². The smallest absolute Gasteiger partial charge is 0.354 e. The van der Waals surface area contributed by atoms with Crippen molar-refractivity contribution >= 4 is 46.0 Å². The molecule has 3 amide bonds. The van der Waals surface area contributed by atoms with Gasteiger partial charge in [0.1, 0.15) is 12.7 Å². The number of carbonyl (C=O) groups is 3. The number of nitrogens with one attached hydrogen (secondary N) is 1. The van der Waals surface area contributed by atoms with Crippen LogP contribution < -0.4 is 5.32 Å². The van der Waals surface area contributed by atoms with Crippen LogP contribution in [0, 0.1) is 0 Å². The van der Waals surface area contributed by atoms with Gasteiger partial charge in [0, 0.05) is 35.1 Å². The van der Waals surface area contributed by atoms with E-state index in [1.807, 2.05) is 6.26 Å². The number of unbranched alkanes of at least 4 members (excludes halogenated alkanes) is 2. The highest BCUT2D eigenvalue weighted by Crippen LogP contribution is 2.40. The Kier molecular flexibility index (Phi) is 12.7. The first kappa shape index (κ1) is 26.1. The predicted octanol–water partition coefficient (Wildman–Crippen LogP) is 2.93. The summed E-state index contributed by atoms with van der Waals surface area (Å²) in [5.74, 6) is -0.438. The van der Waals surface area contributed by atoms with Gasteiger partial charge in [-0.15, -0.1) is 9.05 Å². The monoisotopic (exact) mass is 470 g/mol. The highest BCUT2D eigenvalue weighted by Gasteiger charge is 2.40. The molecular weight excluding hydrogens is 442 g/mol. The lowest BCUT2D eigenvalue weighted by atomic mass is 10.2. The largest absolute Gasteiger partial charge is 0.748 e. The number of hydrogen-bond donors (Lipinski definition) is 1. The molecular formula is C16H28N2O8P2S+2. The highest BCUT2D eigenvalue weighted by atomic mass is 32.2. The molecule has 0 radical (unpaired) electrons. The summed E-state index contributed by atoms with van der Waals surface area (Å²) >= 11 is 1.39. The summed E-state index contributed by atoms with van der Waals surface area (Å²) in [5.41, 5.74) is 0. The lowest BCUT2D eigenvalue weighted by molar-refractivity contribution is -0.138. The quantitative estimate of drug-likeness (QED) is 0.218. The van der Waals surface area contributed by atoms with Gasteiger partial charge in [0.25, 0.3) is 0 Å². The third kappa shape index (κ3) is 10.6. The Morgan fingerprint density at radius 3 is 2.59 bits per heavy atom. The first-order valence-corrected chi connectivity index (χ1v) is 12.8. The van der Waals surface area contributed by atoms with Crippen molar-refractivity contribution in [1.29, 1.82) is 0 Å². The molecule has 3 atom stereocenters. The Bertz CT molecular complexity index is 620. The maximum atomic E-state index is 12.0. The van der Waals surface area contributed by atoms with Crippen LogP contribution in [0.5, 0.6) is 0 Å². The summed E-state index contributed by atoms with van der Waals surface area (Å²) in [5, 5.41) is 2.35. The summed E-state index contributed by atoms with van der Waals surface area (Å²) in [6.07, 6.45) is 4.05. The summed E-state index contributed by atoms with van der Waals surface area (Å²) in [6, 6.07) is 0. The van der Waals surface area contributed by atoms with Crippen LogP contribution in [0.3, 0.4) is 0 Å². The fraction of sp³-hybridized carbons (Fsp3) is 0.812. The van der Waals surface area contributed by atoms with Gasteiger partial charge in [-0.1, -0.05) is 6.42 Å². The lowest BCUT2D eigenvalue weighted by Crippen LogP contribution is -2.32. The van der Waals surface area contributed by atoms with Crippen LogP contribution in [0.1, 0.15) is 46.0 Å². The molecule has 29 heavy (non-hydrogen) atoms. The third-order valence-electron chi connectivity index (χ3n) is 3.82. The Hall–Kier alpha value is -0.960. The number of carbonyl (C=O) groups excluding carboxylic acids is 3. The standard InChI is InChI=1S/C16H27N2O8P2S/c1-12(2)25-28(23)26-27(22)24-10-8-17-14(19)7-5-4-6-9-18-15(20)11-13(29-3)16(18)21/h12-13H,4-11H2,1-3H3/q+1/p+1. The zero-order valence-electron chi connectivity index (χ0n) is 16.8. The van der Waals surface area contributed by atoms with Crippen LogP contribution in [0.15, 0.2) is 0 Å². The zero-order valence-corrected chi connectivity index (χ0v) is 19.4. The predicted molar refractivity (Wildman–Crippen MR) is 109 cm³/mol. The minimum absolute atomic E-state index is 0.0540. The van der Waals surface area contributed by atoms with Gasteiger partial charge in [-0.3, -0.25) is 19.3 Å². The van der Waals surface area contributed by atoms with E-state index in [1.54, 1.807) is 13.8 Å². The van der Waals surface area contributed by atoms with Gasteiger partial charge in [-0.25, -0.2) is 0 Å². The normalized spacial score (nSPS) is 17.8. The maximum Gasteiger partial charge on any atom is 0.748 e. The highest BCUT2D eigenvalue weighted by molar-refractivity contribution is 8.00. The second-order valence-electron chi connectivity index (χ2n) is 6.49. The van der Waals surface area contributed by atoms with E-state index in [4.69, 9.17) is 9.05 Å². The molecule has 0 spiro atoms. The third-order valence-corrected chi connectivity index (χ3v) is 6.81. The van der Waals surface area contributed by atoms with Crippen molar-refractivity contribution in [2.75, 3.05) is 26.0 Å². The molecule has 1 saturated heterocycles. The van der Waals surface area contributed by atoms with E-state index in [-0.39, 0.29) is 48.6 Å². The van der Waals surface area contributed by atoms with E-state index in [2.05, 4.69) is 9.63 Å². The SMILES string of the molecule is CSC1CC(=O)N(CCCCCC(=O)NCCO[P+](=O)O[P+](=O)OC(C)C)C1=O. The van der Waals surface area contributed by atoms with Crippen LogP contribution in [0.4, 0.5) is 0 Å². The van der Waals surface area contributed by atoms with E-state index in [9.17, 15) is 23.5 Å². The average Bonchev–Trinajstić information content (AvgIpc) is 2.91. The van der Waals surface area contributed by atoms with Crippen LogP contribution in [0.25, 0.3) is 0 Å². The minimum Gasteiger partial charge on any atom is -0.354 e. The van der Waals surface area contributed by atoms with E-state index in [0.717, 1.165) is 0 Å². The zero-order chi connectivity index (χ0) is 21.8. The van der Waals surface area contributed by atoms with E-state index in [0.29, 0.717) is 32.2 Å². The molecule has 164 valence electrons. The number of rotatable bonds is 15. The summed E-state index contributed by atoms with van der Waals surface area (Å²) in [4.78, 5) is 36.8. The number of imide groups is 1. The lowest BCUT2D eigenvalue weighted by Gasteiger charge is -2.14. The molecule has 1 heterocycles. The first-order chi connectivity index (χ1) is 13.7. The molecule has 13 heteroatoms. The molecule has 10 nitrogen and oxygen atoms in total. The van der Waals surface area contributed by atoms with Crippen molar-refractivity contribution in [2.45, 2.75) is 57.3 Å². The van der Waals surface area contributed by atoms with Crippen molar-refractivity contribution in [1.82, 2.24) is 10.2 Å². The van der Waals surface area contributed by atoms with Crippen molar-refractivity contribution in [2.24, 2.45) is 0 Å². The number of thioether (sulfide) groups is 1. The molecule has 0 saturated carbocycles. The van der Waals surface area contributed by atoms with Gasteiger partial charge in [0.2, 0.25) is 17.7 Å². The number of hydrogen-bond acceptors (Lipinski definition) is 9. The Morgan fingerprint density at radius 2 is 1.97 bits per heavy atom. The van der Waals surface area contributed by atoms with Gasteiger partial charge < -0.3 is 5.32 Å². The molecule has 0 aromatic heterocycles. The van der Waals surface area contributed by atoms with Crippen molar-refractivity contribution in [3.63, 3.8) is 0 Å². The van der Waals surface area contributed by atoms with E-state index in [1.165, 1.54) is 16.7 Å². The van der Waals surface area contributed by atoms with Gasteiger partial charge in [-0.05, 0) is 32.9 Å². The average molecular weight is 470 g/mol. The van der Waals surface area contributed by atoms with Gasteiger partial charge in [0.15, 0.2) is 4.31 Å². The summed E-state index contributed by atoms with van der Waals surface area (Å²) < 4.78 is 36.8. The Balaban J connectivity index is 2.04. The Morgan fingerprint density at radius 1 is 1.24 bits per heavy atom. The topological polar surface area (TPSA) is 128 Å². The van der Waals surface area contributed by atoms with Gasteiger partial charge in [0.05, 0.1) is 5.25 Å². The molecule has 1 rings (SSSR count). The second kappa shape index (κ2) is 14.1.